The number of hydrogen-bond acceptors (Lipinski definition) is 19. The number of aromatic nitrogens is 11. The molecule has 7 aromatic rings. The number of nitrogens with zero attached hydrogens (tertiary/aromatic N) is 11. The molecule has 19 nitrogen and oxygen atoms in total. The predicted octanol–water partition coefficient (Wildman–Crippen LogP) is 13.1. The zero-order valence-electron chi connectivity index (χ0n) is 47.8. The number of amidine groups is 1. The smallest absolute Gasteiger partial charge is 0.231 e. The Morgan fingerprint density at radius 3 is 1.42 bits per heavy atom. The molecule has 7 aromatic heterocycles. The first-order chi connectivity index (χ1) is 32.8. The number of oxazole rings is 3. The molecule has 2 N–H and O–H groups in total. The van der Waals surface area contributed by atoms with Crippen molar-refractivity contribution in [2.24, 2.45) is 10.4 Å². The molecule has 0 radical (unpaired) electrons. The van der Waals surface area contributed by atoms with Gasteiger partial charge in [-0.25, -0.2) is 19.9 Å². The summed E-state index contributed by atoms with van der Waals surface area (Å²) in [6.07, 6.45) is 16.2. The minimum absolute atomic E-state index is 0.0174. The Kier molecular flexibility index (Phi) is 24.8. The zero-order chi connectivity index (χ0) is 55.2. The van der Waals surface area contributed by atoms with E-state index in [1.165, 1.54) is 31.1 Å². The maximum absolute atomic E-state index is 5.09. The second-order valence-corrected chi connectivity index (χ2v) is 25.5. The van der Waals surface area contributed by atoms with Crippen LogP contribution in [0.4, 0.5) is 0 Å². The summed E-state index contributed by atoms with van der Waals surface area (Å²) in [4.78, 5) is 24.7. The average Bonchev–Trinajstić information content (AvgIpc) is 4.13. The molecule has 0 bridgehead atoms. The van der Waals surface area contributed by atoms with Crippen LogP contribution in [0.5, 0.6) is 0 Å². The lowest BCUT2D eigenvalue weighted by atomic mass is 9.90. The molecule has 0 aromatic carbocycles. The summed E-state index contributed by atoms with van der Waals surface area (Å²) in [6, 6.07) is 0. The van der Waals surface area contributed by atoms with Gasteiger partial charge in [-0.2, -0.15) is 10.1 Å². The van der Waals surface area contributed by atoms with Gasteiger partial charge in [0.1, 0.15) is 34.6 Å². The third kappa shape index (κ3) is 26.5. The second kappa shape index (κ2) is 27.8. The van der Waals surface area contributed by atoms with Crippen molar-refractivity contribution in [3.05, 3.63) is 108 Å². The number of aliphatic imine (C=N–C) groups is 1. The van der Waals surface area contributed by atoms with Gasteiger partial charge in [0.2, 0.25) is 18.2 Å². The highest BCUT2D eigenvalue weighted by Gasteiger charge is 2.23. The van der Waals surface area contributed by atoms with Gasteiger partial charge in [0.25, 0.3) is 0 Å². The number of aromatic amines is 1. The third-order valence-corrected chi connectivity index (χ3v) is 10.1. The summed E-state index contributed by atoms with van der Waals surface area (Å²) in [6.45, 7) is 50.6. The topological polar surface area (TPSA) is 244 Å². The quantitative estimate of drug-likeness (QED) is 0.143. The molecule has 72 heavy (non-hydrogen) atoms. The van der Waals surface area contributed by atoms with Crippen molar-refractivity contribution < 1.29 is 27.0 Å². The molecular weight excluding hydrogens is 935 g/mol. The van der Waals surface area contributed by atoms with E-state index in [-0.39, 0.29) is 43.3 Å². The zero-order valence-corrected chi connectivity index (χ0v) is 48.7. The predicted molar refractivity (Wildman–Crippen MR) is 283 cm³/mol. The van der Waals surface area contributed by atoms with Crippen LogP contribution in [0.1, 0.15) is 206 Å². The molecule has 0 saturated heterocycles. The molecule has 8 rings (SSSR count). The van der Waals surface area contributed by atoms with Crippen molar-refractivity contribution in [3.8, 4) is 0 Å². The fourth-order valence-electron chi connectivity index (χ4n) is 4.55. The van der Waals surface area contributed by atoms with Crippen LogP contribution in [-0.4, -0.2) is 68.3 Å². The van der Waals surface area contributed by atoms with Gasteiger partial charge in [-0.15, -0.1) is 31.7 Å². The molecule has 8 heterocycles. The van der Waals surface area contributed by atoms with E-state index in [0.717, 1.165) is 28.2 Å². The molecule has 0 saturated carbocycles. The van der Waals surface area contributed by atoms with Gasteiger partial charge < -0.3 is 22.2 Å². The van der Waals surface area contributed by atoms with Gasteiger partial charge in [-0.05, 0) is 11.0 Å². The maximum Gasteiger partial charge on any atom is 0.231 e. The van der Waals surface area contributed by atoms with Crippen molar-refractivity contribution in [1.29, 1.82) is 0 Å². The van der Waals surface area contributed by atoms with E-state index in [9.17, 15) is 0 Å². The molecule has 0 amide bonds. The molecule has 402 valence electrons. The Balaban J connectivity index is 0.000000411. The molecule has 0 fully saturated rings. The maximum atomic E-state index is 5.09. The summed E-state index contributed by atoms with van der Waals surface area (Å²) >= 11 is 1.61. The van der Waals surface area contributed by atoms with Gasteiger partial charge in [0, 0.05) is 44.1 Å². The molecule has 0 spiro atoms. The molecule has 0 aliphatic carbocycles. The third-order valence-electron chi connectivity index (χ3n) is 8.98. The van der Waals surface area contributed by atoms with Gasteiger partial charge >= 0.3 is 0 Å². The Hall–Kier alpha value is -5.89. The monoisotopic (exact) mass is 1020 g/mol. The van der Waals surface area contributed by atoms with E-state index in [1.54, 1.807) is 41.8 Å². The Bertz CT molecular complexity index is 1940. The fourth-order valence-corrected chi connectivity index (χ4v) is 5.19. The molecule has 1 aliphatic heterocycles. The number of H-pyrrole nitrogens is 1. The SMILES string of the molecule is CC(C)(C)C1=NCON1.CC(C)(C)c1cn[nH]c1.CC(C)(C)c1cnco1.CC(C)(C)c1cocn1.CC(C)(C)c1ncco1.CC(C)(C)c1ncno1.CC(C)(C)c1nnco1.CC(C)(C)c1nncs1. The fraction of sp³-hybridized carbons (Fsp3) is 0.635. The van der Waals surface area contributed by atoms with E-state index in [2.05, 4.69) is 191 Å². The van der Waals surface area contributed by atoms with E-state index in [4.69, 9.17) is 27.0 Å². The lowest BCUT2D eigenvalue weighted by molar-refractivity contribution is 0.111. The number of hydroxylamine groups is 1. The number of rotatable bonds is 0. The molecule has 0 atom stereocenters. The lowest BCUT2D eigenvalue weighted by Crippen LogP contribution is -2.30. The second-order valence-electron chi connectivity index (χ2n) is 24.7. The van der Waals surface area contributed by atoms with Crippen LogP contribution in [0, 0.1) is 5.41 Å². The van der Waals surface area contributed by atoms with Crippen molar-refractivity contribution >= 4 is 17.2 Å². The van der Waals surface area contributed by atoms with E-state index >= 15 is 0 Å². The van der Waals surface area contributed by atoms with Crippen LogP contribution in [0.2, 0.25) is 0 Å². The summed E-state index contributed by atoms with van der Waals surface area (Å²) < 4.78 is 24.8. The first-order valence-corrected chi connectivity index (χ1v) is 24.6. The summed E-state index contributed by atoms with van der Waals surface area (Å²) in [5.41, 5.74) is 7.48. The van der Waals surface area contributed by atoms with Gasteiger partial charge in [-0.1, -0.05) is 171 Å². The van der Waals surface area contributed by atoms with Crippen molar-refractivity contribution in [3.63, 3.8) is 0 Å². The summed E-state index contributed by atoms with van der Waals surface area (Å²) in [5.74, 6) is 4.03. The Labute approximate surface area is 433 Å². The number of hydrogen-bond donors (Lipinski definition) is 2. The van der Waals surface area contributed by atoms with E-state index in [1.807, 2.05) is 53.9 Å². The Morgan fingerprint density at radius 1 is 0.556 bits per heavy atom. The minimum Gasteiger partial charge on any atom is -0.451 e. The van der Waals surface area contributed by atoms with Crippen LogP contribution < -0.4 is 5.48 Å². The van der Waals surface area contributed by atoms with Crippen LogP contribution in [-0.2, 0) is 42.7 Å². The molecule has 1 aliphatic rings. The van der Waals surface area contributed by atoms with Crippen LogP contribution >= 0.6 is 11.3 Å². The molecule has 20 heteroatoms. The van der Waals surface area contributed by atoms with Crippen molar-refractivity contribution in [2.45, 2.75) is 204 Å². The van der Waals surface area contributed by atoms with Gasteiger partial charge in [0.05, 0.1) is 24.3 Å². The van der Waals surface area contributed by atoms with E-state index < -0.39 is 0 Å². The standard InChI is InChI=1S/C7H12N2.3C7H11NO.C6H10N2O.C6H12N2O.C6H10N2O.C6H10N2S/c1-7(2,3)6-4-8-9-5-6;1-7(2,3)6-4-9-5-8-6;1-7(2,3)6-4-8-5-9-6;1-7(2,3)6-8-4-5-9-6;1-6(2,3)5-8-7-4-9-5;1-6(2,3)5-7-4-9-8-5;1-6(2,3)5-7-4-8-9-5;1-6(2,3)5-8-7-4-9-5/h4-5H,1-3H3,(H,8,9);3*4-5H,1-3H3;4H,1-3H3;4H2,1-3H3,(H,7,8);2*4H,1-3H3. The highest BCUT2D eigenvalue weighted by molar-refractivity contribution is 7.09. The van der Waals surface area contributed by atoms with Crippen LogP contribution in [0.15, 0.2) is 95.5 Å². The van der Waals surface area contributed by atoms with Gasteiger partial charge in [-0.3, -0.25) is 15.4 Å². The van der Waals surface area contributed by atoms with Gasteiger partial charge in [0.15, 0.2) is 31.7 Å². The Morgan fingerprint density at radius 2 is 1.19 bits per heavy atom. The normalized spacial score (nSPS) is 12.8. The van der Waals surface area contributed by atoms with Crippen molar-refractivity contribution in [1.82, 2.24) is 61.2 Å². The molecule has 0 unspecified atom stereocenters. The van der Waals surface area contributed by atoms with Crippen molar-refractivity contribution in [2.75, 3.05) is 6.73 Å². The molecular formula is C52H87N13O6S. The summed E-state index contributed by atoms with van der Waals surface area (Å²) in [5, 5.41) is 26.3. The first kappa shape index (κ1) is 64.1. The lowest BCUT2D eigenvalue weighted by Gasteiger charge is -2.16. The minimum atomic E-state index is -0.0174. The highest BCUT2D eigenvalue weighted by Crippen LogP contribution is 2.24. The van der Waals surface area contributed by atoms with Crippen LogP contribution in [0.25, 0.3) is 0 Å². The van der Waals surface area contributed by atoms with E-state index in [0.29, 0.717) is 18.5 Å². The summed E-state index contributed by atoms with van der Waals surface area (Å²) in [7, 11) is 0. The van der Waals surface area contributed by atoms with Crippen LogP contribution in [0.3, 0.4) is 0 Å². The highest BCUT2D eigenvalue weighted by atomic mass is 32.1. The largest absolute Gasteiger partial charge is 0.451 e. The number of nitrogens with one attached hydrogen (secondary N) is 2. The first-order valence-electron chi connectivity index (χ1n) is 23.7. The average molecular weight is 1020 g/mol.